The summed E-state index contributed by atoms with van der Waals surface area (Å²) in [7, 11) is 0. The average Bonchev–Trinajstić information content (AvgIpc) is 3.24. The monoisotopic (exact) mass is 512 g/mol. The Bertz CT molecular complexity index is 1080. The van der Waals surface area contributed by atoms with E-state index in [2.05, 4.69) is 25.6 Å². The first-order valence-electron chi connectivity index (χ1n) is 12.8. The van der Waals surface area contributed by atoms with Gasteiger partial charge in [-0.3, -0.25) is 4.79 Å². The van der Waals surface area contributed by atoms with Crippen molar-refractivity contribution in [2.75, 3.05) is 19.7 Å². The standard InChI is InChI=1S/C29H37ClN2O4/c1-3-5-12-29(35,22-10-7-11-23(30)27(22)20-9-6-8-19(4-2)15-20)26-18-32(13-14-36-26)28(34)21-16-24(31)25(33)17-21/h3,6-11,15,21,24-26,33,35H,1,4-5,12-14,16-18,31H2,2H3/t21-,24+,25-,26+,29+/m0/s1. The third kappa shape index (κ3) is 5.38. The van der Waals surface area contributed by atoms with Crippen LogP contribution in [0.3, 0.4) is 0 Å². The summed E-state index contributed by atoms with van der Waals surface area (Å²) >= 11 is 6.76. The third-order valence-corrected chi connectivity index (χ3v) is 7.99. The van der Waals surface area contributed by atoms with Crippen LogP contribution in [0.5, 0.6) is 0 Å². The Balaban J connectivity index is 1.70. The molecule has 2 fully saturated rings. The zero-order valence-corrected chi connectivity index (χ0v) is 21.7. The summed E-state index contributed by atoms with van der Waals surface area (Å²) in [6.45, 7) is 6.96. The van der Waals surface area contributed by atoms with E-state index in [4.69, 9.17) is 22.1 Å². The van der Waals surface area contributed by atoms with E-state index in [1.54, 1.807) is 11.0 Å². The van der Waals surface area contributed by atoms with E-state index in [1.807, 2.05) is 30.3 Å². The summed E-state index contributed by atoms with van der Waals surface area (Å²) in [5, 5.41) is 23.0. The average molecular weight is 513 g/mol. The first-order chi connectivity index (χ1) is 17.3. The fourth-order valence-electron chi connectivity index (χ4n) is 5.56. The van der Waals surface area contributed by atoms with Gasteiger partial charge in [-0.05, 0) is 54.9 Å². The first kappa shape index (κ1) is 26.8. The summed E-state index contributed by atoms with van der Waals surface area (Å²) in [6.07, 6.45) is 3.13. The second kappa shape index (κ2) is 11.4. The molecule has 0 aromatic heterocycles. The van der Waals surface area contributed by atoms with Crippen molar-refractivity contribution < 1.29 is 19.7 Å². The fraction of sp³-hybridized carbons (Fsp3) is 0.483. The minimum atomic E-state index is -1.40. The maximum absolute atomic E-state index is 13.3. The maximum atomic E-state index is 13.3. The number of amides is 1. The number of nitrogens with zero attached hydrogens (tertiary/aromatic N) is 1. The summed E-state index contributed by atoms with van der Waals surface area (Å²) < 4.78 is 6.16. The number of benzene rings is 2. The highest BCUT2D eigenvalue weighted by atomic mass is 35.5. The van der Waals surface area contributed by atoms with Crippen LogP contribution in [0.25, 0.3) is 11.1 Å². The van der Waals surface area contributed by atoms with Crippen LogP contribution in [-0.4, -0.2) is 59.0 Å². The van der Waals surface area contributed by atoms with E-state index in [1.165, 1.54) is 5.56 Å². The van der Waals surface area contributed by atoms with Gasteiger partial charge in [0, 0.05) is 29.1 Å². The Labute approximate surface area is 218 Å². The lowest BCUT2D eigenvalue weighted by Gasteiger charge is -2.43. The Morgan fingerprint density at radius 2 is 2.08 bits per heavy atom. The van der Waals surface area contributed by atoms with Crippen molar-refractivity contribution in [1.82, 2.24) is 4.90 Å². The van der Waals surface area contributed by atoms with Gasteiger partial charge < -0.3 is 25.6 Å². The van der Waals surface area contributed by atoms with Gasteiger partial charge in [0.15, 0.2) is 0 Å². The predicted octanol–water partition coefficient (Wildman–Crippen LogP) is 4.05. The van der Waals surface area contributed by atoms with E-state index >= 15 is 0 Å². The van der Waals surface area contributed by atoms with Gasteiger partial charge in [0.25, 0.3) is 0 Å². The summed E-state index contributed by atoms with van der Waals surface area (Å²) in [5.41, 5.74) is 8.13. The molecular formula is C29H37ClN2O4. The van der Waals surface area contributed by atoms with Crippen LogP contribution >= 0.6 is 11.6 Å². The van der Waals surface area contributed by atoms with E-state index in [0.717, 1.165) is 17.5 Å². The number of rotatable bonds is 8. The summed E-state index contributed by atoms with van der Waals surface area (Å²) in [4.78, 5) is 15.1. The van der Waals surface area contributed by atoms with Crippen molar-refractivity contribution in [3.8, 4) is 11.1 Å². The van der Waals surface area contributed by atoms with Crippen LogP contribution in [0, 0.1) is 5.92 Å². The number of carbonyl (C=O) groups excluding carboxylic acids is 1. The molecule has 5 atom stereocenters. The number of allylic oxidation sites excluding steroid dienone is 1. The lowest BCUT2D eigenvalue weighted by Crippen LogP contribution is -2.55. The van der Waals surface area contributed by atoms with Gasteiger partial charge in [0.05, 0.1) is 19.3 Å². The molecular weight excluding hydrogens is 476 g/mol. The number of aliphatic hydroxyl groups is 2. The highest BCUT2D eigenvalue weighted by Gasteiger charge is 2.45. The first-order valence-corrected chi connectivity index (χ1v) is 13.2. The number of hydrogen-bond donors (Lipinski definition) is 3. The molecule has 6 nitrogen and oxygen atoms in total. The maximum Gasteiger partial charge on any atom is 0.226 e. The molecule has 2 aromatic rings. The molecule has 0 spiro atoms. The Morgan fingerprint density at radius 3 is 2.78 bits per heavy atom. The number of aliphatic hydroxyl groups excluding tert-OH is 1. The number of hydrogen-bond acceptors (Lipinski definition) is 5. The molecule has 1 aliphatic carbocycles. The van der Waals surface area contributed by atoms with Gasteiger partial charge in [-0.2, -0.15) is 0 Å². The highest BCUT2D eigenvalue weighted by Crippen LogP contribution is 2.43. The van der Waals surface area contributed by atoms with Crippen LogP contribution < -0.4 is 5.73 Å². The van der Waals surface area contributed by atoms with Crippen LogP contribution in [0.1, 0.15) is 43.7 Å². The summed E-state index contributed by atoms with van der Waals surface area (Å²) in [5.74, 6) is -0.350. The van der Waals surface area contributed by atoms with Crippen molar-refractivity contribution in [3.05, 3.63) is 71.3 Å². The lowest BCUT2D eigenvalue weighted by molar-refractivity contribution is -0.167. The third-order valence-electron chi connectivity index (χ3n) is 7.67. The Kier molecular flexibility index (Phi) is 8.53. The molecule has 194 valence electrons. The minimum absolute atomic E-state index is 0.0386. The molecule has 2 aliphatic rings. The number of nitrogens with two attached hydrogens (primary N) is 1. The molecule has 1 amide bonds. The predicted molar refractivity (Wildman–Crippen MR) is 143 cm³/mol. The van der Waals surface area contributed by atoms with Crippen molar-refractivity contribution in [3.63, 3.8) is 0 Å². The Hall–Kier alpha value is -2.22. The van der Waals surface area contributed by atoms with Gasteiger partial charge >= 0.3 is 0 Å². The van der Waals surface area contributed by atoms with Crippen LogP contribution in [0.15, 0.2) is 55.1 Å². The largest absolute Gasteiger partial charge is 0.391 e. The molecule has 1 saturated heterocycles. The molecule has 1 aliphatic heterocycles. The van der Waals surface area contributed by atoms with Crippen molar-refractivity contribution in [1.29, 1.82) is 0 Å². The van der Waals surface area contributed by atoms with Gasteiger partial charge in [-0.15, -0.1) is 6.58 Å². The van der Waals surface area contributed by atoms with Gasteiger partial charge in [-0.25, -0.2) is 0 Å². The SMILES string of the molecule is C=CCC[C@@](O)(c1cccc(Cl)c1-c1cccc(CC)c1)[C@H]1CN(C(=O)[C@H]2C[C@@H](N)[C@@H](O)C2)CCO1. The van der Waals surface area contributed by atoms with E-state index in [9.17, 15) is 15.0 Å². The highest BCUT2D eigenvalue weighted by molar-refractivity contribution is 6.33. The molecule has 4 rings (SSSR count). The Morgan fingerprint density at radius 1 is 1.31 bits per heavy atom. The molecule has 1 heterocycles. The van der Waals surface area contributed by atoms with Crippen molar-refractivity contribution in [2.45, 2.75) is 62.9 Å². The number of ether oxygens (including phenoxy) is 1. The molecule has 0 radical (unpaired) electrons. The smallest absolute Gasteiger partial charge is 0.226 e. The molecule has 7 heteroatoms. The van der Waals surface area contributed by atoms with E-state index < -0.39 is 17.8 Å². The normalized spacial score (nSPS) is 26.0. The molecule has 36 heavy (non-hydrogen) atoms. The van der Waals surface area contributed by atoms with Crippen LogP contribution in [-0.2, 0) is 21.6 Å². The number of aryl methyl sites for hydroxylation is 1. The zero-order chi connectivity index (χ0) is 25.9. The molecule has 1 saturated carbocycles. The van der Waals surface area contributed by atoms with Crippen LogP contribution in [0.4, 0.5) is 0 Å². The number of morpholine rings is 1. The second-order valence-corrected chi connectivity index (χ2v) is 10.4. The van der Waals surface area contributed by atoms with Gasteiger partial charge in [0.2, 0.25) is 5.91 Å². The number of halogens is 1. The topological polar surface area (TPSA) is 96.0 Å². The van der Waals surface area contributed by atoms with Crippen molar-refractivity contribution in [2.24, 2.45) is 11.7 Å². The quantitative estimate of drug-likeness (QED) is 0.464. The van der Waals surface area contributed by atoms with Gasteiger partial charge in [0.1, 0.15) is 11.7 Å². The van der Waals surface area contributed by atoms with Gasteiger partial charge in [-0.1, -0.05) is 61.0 Å². The van der Waals surface area contributed by atoms with Crippen molar-refractivity contribution >= 4 is 17.5 Å². The zero-order valence-electron chi connectivity index (χ0n) is 20.9. The van der Waals surface area contributed by atoms with Crippen LogP contribution in [0.2, 0.25) is 5.02 Å². The molecule has 2 aromatic carbocycles. The minimum Gasteiger partial charge on any atom is -0.391 e. The number of carbonyl (C=O) groups is 1. The van der Waals surface area contributed by atoms with E-state index in [0.29, 0.717) is 49.4 Å². The summed E-state index contributed by atoms with van der Waals surface area (Å²) in [6, 6.07) is 13.4. The fourth-order valence-corrected chi connectivity index (χ4v) is 5.85. The second-order valence-electron chi connectivity index (χ2n) is 10.0. The molecule has 4 N–H and O–H groups in total. The lowest BCUT2D eigenvalue weighted by atomic mass is 9.79. The van der Waals surface area contributed by atoms with E-state index in [-0.39, 0.29) is 24.4 Å². The molecule has 0 bridgehead atoms. The molecule has 0 unspecified atom stereocenters.